The van der Waals surface area contributed by atoms with Crippen molar-refractivity contribution in [2.45, 2.75) is 25.6 Å². The molecule has 0 saturated heterocycles. The summed E-state index contributed by atoms with van der Waals surface area (Å²) in [6, 6.07) is 0. The third kappa shape index (κ3) is 4.27. The smallest absolute Gasteiger partial charge is 0.425 e. The summed E-state index contributed by atoms with van der Waals surface area (Å²) in [6.07, 6.45) is -7.59. The van der Waals surface area contributed by atoms with Crippen LogP contribution in [-0.2, 0) is 9.53 Å². The first kappa shape index (κ1) is 13.0. The monoisotopic (exact) mass is 212 g/mol. The van der Waals surface area contributed by atoms with Crippen molar-refractivity contribution in [1.82, 2.24) is 0 Å². The molecule has 0 aliphatic carbocycles. The van der Waals surface area contributed by atoms with Crippen molar-refractivity contribution < 1.29 is 27.8 Å². The number of alkyl halides is 3. The van der Waals surface area contributed by atoms with E-state index in [2.05, 4.69) is 11.3 Å². The molecule has 0 fully saturated rings. The van der Waals surface area contributed by atoms with Crippen molar-refractivity contribution >= 4 is 5.97 Å². The third-order valence-electron chi connectivity index (χ3n) is 1.35. The normalized spacial score (nSPS) is 13.5. The summed E-state index contributed by atoms with van der Waals surface area (Å²) < 4.78 is 40.4. The van der Waals surface area contributed by atoms with Crippen molar-refractivity contribution in [2.75, 3.05) is 6.61 Å². The molecule has 0 rings (SSSR count). The fourth-order valence-corrected chi connectivity index (χ4v) is 0.636. The molecule has 3 nitrogen and oxygen atoms in total. The second-order valence-corrected chi connectivity index (χ2v) is 2.73. The molecule has 0 bridgehead atoms. The number of aliphatic hydroxyl groups excluding tert-OH is 1. The molecule has 0 radical (unpaired) electrons. The van der Waals surface area contributed by atoms with Gasteiger partial charge in [-0.15, -0.1) is 0 Å². The van der Waals surface area contributed by atoms with Gasteiger partial charge in [-0.1, -0.05) is 6.58 Å². The van der Waals surface area contributed by atoms with E-state index in [-0.39, 0.29) is 5.57 Å². The van der Waals surface area contributed by atoms with Crippen LogP contribution in [0.5, 0.6) is 0 Å². The Labute approximate surface area is 79.2 Å². The van der Waals surface area contributed by atoms with Gasteiger partial charge in [0.1, 0.15) is 0 Å². The molecular formula is C8H11F3O3. The van der Waals surface area contributed by atoms with Crippen LogP contribution in [0.4, 0.5) is 13.2 Å². The minimum absolute atomic E-state index is 0.114. The highest BCUT2D eigenvalue weighted by Gasteiger charge is 2.42. The number of ether oxygens (including phenoxy) is 1. The van der Waals surface area contributed by atoms with Gasteiger partial charge >= 0.3 is 12.1 Å². The van der Waals surface area contributed by atoms with Crippen molar-refractivity contribution in [2.24, 2.45) is 0 Å². The average Bonchev–Trinajstić information content (AvgIpc) is 2.01. The van der Waals surface area contributed by atoms with Gasteiger partial charge in [0.05, 0.1) is 0 Å². The van der Waals surface area contributed by atoms with Crippen molar-refractivity contribution in [1.29, 1.82) is 0 Å². The Balaban J connectivity index is 4.38. The molecule has 6 heteroatoms. The molecule has 0 aromatic rings. The van der Waals surface area contributed by atoms with Crippen LogP contribution >= 0.6 is 0 Å². The van der Waals surface area contributed by atoms with Crippen LogP contribution in [-0.4, -0.2) is 30.0 Å². The van der Waals surface area contributed by atoms with Gasteiger partial charge in [-0.3, -0.25) is 0 Å². The highest BCUT2D eigenvalue weighted by atomic mass is 19.4. The van der Waals surface area contributed by atoms with E-state index >= 15 is 0 Å². The molecule has 1 atom stereocenters. The topological polar surface area (TPSA) is 46.5 Å². The highest BCUT2D eigenvalue weighted by Crippen LogP contribution is 2.25. The van der Waals surface area contributed by atoms with E-state index in [1.54, 1.807) is 0 Å². The van der Waals surface area contributed by atoms with E-state index in [4.69, 9.17) is 5.11 Å². The van der Waals surface area contributed by atoms with Gasteiger partial charge in [-0.2, -0.15) is 13.2 Å². The number of halogens is 3. The zero-order valence-corrected chi connectivity index (χ0v) is 7.60. The first-order valence-corrected chi connectivity index (χ1v) is 3.83. The number of esters is 1. The van der Waals surface area contributed by atoms with Crippen molar-refractivity contribution in [3.8, 4) is 0 Å². The Hall–Kier alpha value is -1.04. The summed E-state index contributed by atoms with van der Waals surface area (Å²) in [5.41, 5.74) is -0.114. The van der Waals surface area contributed by atoms with Crippen LogP contribution < -0.4 is 0 Å². The maximum atomic E-state index is 12.1. The van der Waals surface area contributed by atoms with Crippen LogP contribution in [0.1, 0.15) is 13.3 Å². The zero-order chi connectivity index (χ0) is 11.4. The van der Waals surface area contributed by atoms with Crippen LogP contribution in [0, 0.1) is 0 Å². The zero-order valence-electron chi connectivity index (χ0n) is 7.60. The SMILES string of the molecule is C=C(C)C(=O)OC(CCO)C(F)(F)F. The van der Waals surface area contributed by atoms with Crippen LogP contribution in [0.2, 0.25) is 0 Å². The van der Waals surface area contributed by atoms with Gasteiger partial charge in [0, 0.05) is 18.6 Å². The maximum absolute atomic E-state index is 12.1. The number of rotatable bonds is 4. The van der Waals surface area contributed by atoms with Crippen LogP contribution in [0.15, 0.2) is 12.2 Å². The summed E-state index contributed by atoms with van der Waals surface area (Å²) >= 11 is 0. The quantitative estimate of drug-likeness (QED) is 0.566. The Kier molecular flexibility index (Phi) is 4.62. The number of hydrogen-bond donors (Lipinski definition) is 1. The Morgan fingerprint density at radius 3 is 2.36 bits per heavy atom. The molecule has 0 aromatic heterocycles. The Morgan fingerprint density at radius 1 is 1.57 bits per heavy atom. The molecule has 0 aliphatic heterocycles. The van der Waals surface area contributed by atoms with Crippen LogP contribution in [0.3, 0.4) is 0 Å². The van der Waals surface area contributed by atoms with Gasteiger partial charge in [-0.25, -0.2) is 4.79 Å². The first-order valence-electron chi connectivity index (χ1n) is 3.83. The number of carbonyl (C=O) groups is 1. The number of hydrogen-bond acceptors (Lipinski definition) is 3. The van der Waals surface area contributed by atoms with Gasteiger partial charge in [0.15, 0.2) is 6.10 Å². The van der Waals surface area contributed by atoms with E-state index in [1.165, 1.54) is 6.92 Å². The molecule has 0 aromatic carbocycles. The van der Waals surface area contributed by atoms with Gasteiger partial charge in [0.2, 0.25) is 0 Å². The fourth-order valence-electron chi connectivity index (χ4n) is 0.636. The van der Waals surface area contributed by atoms with Gasteiger partial charge < -0.3 is 9.84 Å². The summed E-state index contributed by atoms with van der Waals surface area (Å²) in [4.78, 5) is 10.8. The standard InChI is InChI=1S/C8H11F3O3/c1-5(2)7(13)14-6(3-4-12)8(9,10)11/h6,12H,1,3-4H2,2H3. The van der Waals surface area contributed by atoms with E-state index in [1.807, 2.05) is 0 Å². The largest absolute Gasteiger partial charge is 0.449 e. The third-order valence-corrected chi connectivity index (χ3v) is 1.35. The van der Waals surface area contributed by atoms with Crippen molar-refractivity contribution in [3.05, 3.63) is 12.2 Å². The molecule has 0 saturated carbocycles. The van der Waals surface area contributed by atoms with E-state index in [9.17, 15) is 18.0 Å². The molecule has 0 heterocycles. The van der Waals surface area contributed by atoms with Crippen LogP contribution in [0.25, 0.3) is 0 Å². The van der Waals surface area contributed by atoms with Gasteiger partial charge in [-0.05, 0) is 6.92 Å². The van der Waals surface area contributed by atoms with E-state index in [0.29, 0.717) is 0 Å². The lowest BCUT2D eigenvalue weighted by Crippen LogP contribution is -2.34. The summed E-state index contributed by atoms with van der Waals surface area (Å²) in [7, 11) is 0. The maximum Gasteiger partial charge on any atom is 0.425 e. The fraction of sp³-hybridized carbons (Fsp3) is 0.625. The molecule has 0 spiro atoms. The Morgan fingerprint density at radius 2 is 2.07 bits per heavy atom. The predicted molar refractivity (Wildman–Crippen MR) is 42.5 cm³/mol. The van der Waals surface area contributed by atoms with Crippen molar-refractivity contribution in [3.63, 3.8) is 0 Å². The lowest BCUT2D eigenvalue weighted by Gasteiger charge is -2.19. The second-order valence-electron chi connectivity index (χ2n) is 2.73. The molecule has 1 unspecified atom stereocenters. The average molecular weight is 212 g/mol. The second kappa shape index (κ2) is 4.99. The minimum Gasteiger partial charge on any atom is -0.449 e. The molecule has 0 aliphatic rings. The molecule has 82 valence electrons. The minimum atomic E-state index is -4.66. The van der Waals surface area contributed by atoms with Gasteiger partial charge in [0.25, 0.3) is 0 Å². The number of aliphatic hydroxyl groups is 1. The molecule has 0 amide bonds. The van der Waals surface area contributed by atoms with E-state index < -0.39 is 31.3 Å². The Bertz CT molecular complexity index is 222. The van der Waals surface area contributed by atoms with E-state index in [0.717, 1.165) is 0 Å². The summed E-state index contributed by atoms with van der Waals surface area (Å²) in [5, 5.41) is 8.34. The lowest BCUT2D eigenvalue weighted by atomic mass is 10.2. The number of carbonyl (C=O) groups excluding carboxylic acids is 1. The molecular weight excluding hydrogens is 201 g/mol. The summed E-state index contributed by atoms with van der Waals surface area (Å²) in [6.45, 7) is 3.69. The molecule has 14 heavy (non-hydrogen) atoms. The lowest BCUT2D eigenvalue weighted by molar-refractivity contribution is -0.221. The first-order chi connectivity index (χ1) is 6.29. The summed E-state index contributed by atoms with van der Waals surface area (Å²) in [5.74, 6) is -1.11. The predicted octanol–water partition coefficient (Wildman–Crippen LogP) is 1.42. The highest BCUT2D eigenvalue weighted by molar-refractivity contribution is 5.87. The molecule has 1 N–H and O–H groups in total.